The Morgan fingerprint density at radius 2 is 0.873 bits per heavy atom. The van der Waals surface area contributed by atoms with Crippen LogP contribution < -0.4 is 0 Å². The van der Waals surface area contributed by atoms with E-state index in [4.69, 9.17) is 9.47 Å². The number of carbonyl (C=O) groups excluding carboxylic acids is 2. The highest BCUT2D eigenvalue weighted by Crippen LogP contribution is 2.22. The fourth-order valence-electron chi connectivity index (χ4n) is 8.42. The highest BCUT2D eigenvalue weighted by molar-refractivity contribution is 5.72. The first-order valence-electron chi connectivity index (χ1n) is 27.1. The third-order valence-electron chi connectivity index (χ3n) is 13.0. The SMILES string of the molecule is C=CN(/C=C\C(C)CC)CCCN(CC(O)CCCCOC(=O)C(CCCCCC)CCCCCCCC)CC(O)CCCCOC(=O)C(CCCCCC)CCCCCCCC. The number of unbranched alkanes of at least 4 members (excludes halogenated alkanes) is 18. The molecule has 0 aliphatic heterocycles. The van der Waals surface area contributed by atoms with E-state index in [9.17, 15) is 19.8 Å². The highest BCUT2D eigenvalue weighted by atomic mass is 16.5. The fraction of sp³-hybridized carbons (Fsp3) is 0.891. The first kappa shape index (κ1) is 61.1. The molecule has 0 aliphatic rings. The van der Waals surface area contributed by atoms with Gasteiger partial charge in [0.2, 0.25) is 0 Å². The molecule has 0 amide bonds. The van der Waals surface area contributed by atoms with E-state index in [1.54, 1.807) is 0 Å². The molecule has 0 saturated heterocycles. The van der Waals surface area contributed by atoms with Crippen LogP contribution in [0.5, 0.6) is 0 Å². The van der Waals surface area contributed by atoms with Crippen LogP contribution in [-0.2, 0) is 19.1 Å². The number of aliphatic hydroxyl groups excluding tert-OH is 2. The Balaban J connectivity index is 5.08. The lowest BCUT2D eigenvalue weighted by Crippen LogP contribution is -2.39. The quantitative estimate of drug-likeness (QED) is 0.0460. The standard InChI is InChI=1S/C55H106N2O6/c1-8-14-18-22-24-28-37-50(35-26-20-16-10-3)54(60)62-45-32-30-39-52(58)47-57(43-34-42-56(13-6)44-41-49(7)12-5)48-53(59)40-31-33-46-63-55(61)51(36-27-21-17-11-4)38-29-25-23-19-15-9-2/h13,41,44,49-53,58-59H,6,8-12,14-40,42-43,45-48H2,1-5,7H3/b44-41-. The maximum Gasteiger partial charge on any atom is 0.308 e. The lowest BCUT2D eigenvalue weighted by atomic mass is 9.94. The Kier molecular flexibility index (Phi) is 43.9. The van der Waals surface area contributed by atoms with Crippen molar-refractivity contribution in [2.24, 2.45) is 17.8 Å². The number of hydrogen-bond donors (Lipinski definition) is 2. The van der Waals surface area contributed by atoms with E-state index in [2.05, 4.69) is 70.2 Å². The van der Waals surface area contributed by atoms with E-state index in [0.717, 1.165) is 103 Å². The zero-order valence-corrected chi connectivity index (χ0v) is 42.6. The van der Waals surface area contributed by atoms with Gasteiger partial charge >= 0.3 is 11.9 Å². The van der Waals surface area contributed by atoms with Gasteiger partial charge in [-0.05, 0) is 88.9 Å². The minimum Gasteiger partial charge on any atom is -0.465 e. The van der Waals surface area contributed by atoms with Gasteiger partial charge in [0.1, 0.15) is 0 Å². The minimum absolute atomic E-state index is 0.00774. The van der Waals surface area contributed by atoms with Crippen molar-refractivity contribution >= 4 is 11.9 Å². The monoisotopic (exact) mass is 891 g/mol. The number of rotatable bonds is 48. The summed E-state index contributed by atoms with van der Waals surface area (Å²) in [6.07, 6.45) is 39.3. The van der Waals surface area contributed by atoms with Crippen LogP contribution in [0.4, 0.5) is 0 Å². The lowest BCUT2D eigenvalue weighted by Gasteiger charge is -2.28. The lowest BCUT2D eigenvalue weighted by molar-refractivity contribution is -0.150. The van der Waals surface area contributed by atoms with E-state index in [1.807, 2.05) is 6.20 Å². The smallest absolute Gasteiger partial charge is 0.308 e. The average molecular weight is 891 g/mol. The summed E-state index contributed by atoms with van der Waals surface area (Å²) in [5.74, 6) is 0.459. The first-order valence-corrected chi connectivity index (χ1v) is 27.1. The zero-order chi connectivity index (χ0) is 46.6. The van der Waals surface area contributed by atoms with Crippen molar-refractivity contribution in [2.75, 3.05) is 39.4 Å². The topological polar surface area (TPSA) is 99.5 Å². The van der Waals surface area contributed by atoms with Crippen molar-refractivity contribution in [3.63, 3.8) is 0 Å². The number of ether oxygens (including phenoxy) is 2. The first-order chi connectivity index (χ1) is 30.6. The summed E-state index contributed by atoms with van der Waals surface area (Å²) < 4.78 is 11.6. The van der Waals surface area contributed by atoms with E-state index in [-0.39, 0.29) is 23.8 Å². The molecule has 0 rings (SSSR count). The summed E-state index contributed by atoms with van der Waals surface area (Å²) >= 11 is 0. The van der Waals surface area contributed by atoms with Crippen LogP contribution in [0.3, 0.4) is 0 Å². The molecule has 372 valence electrons. The zero-order valence-electron chi connectivity index (χ0n) is 42.6. The van der Waals surface area contributed by atoms with Crippen molar-refractivity contribution in [1.82, 2.24) is 9.80 Å². The van der Waals surface area contributed by atoms with Gasteiger partial charge in [-0.2, -0.15) is 0 Å². The van der Waals surface area contributed by atoms with Crippen LogP contribution in [0.25, 0.3) is 0 Å². The molecule has 0 spiro atoms. The highest BCUT2D eigenvalue weighted by Gasteiger charge is 2.21. The Morgan fingerprint density at radius 3 is 1.25 bits per heavy atom. The second kappa shape index (κ2) is 45.3. The van der Waals surface area contributed by atoms with Crippen LogP contribution in [0, 0.1) is 17.8 Å². The van der Waals surface area contributed by atoms with E-state index in [0.29, 0.717) is 45.1 Å². The van der Waals surface area contributed by atoms with Crippen molar-refractivity contribution in [1.29, 1.82) is 0 Å². The minimum atomic E-state index is -0.529. The van der Waals surface area contributed by atoms with Gasteiger partial charge in [-0.1, -0.05) is 189 Å². The van der Waals surface area contributed by atoms with E-state index in [1.165, 1.54) is 103 Å². The summed E-state index contributed by atoms with van der Waals surface area (Å²) in [6.45, 7) is 20.7. The molecule has 0 heterocycles. The summed E-state index contributed by atoms with van der Waals surface area (Å²) in [5.41, 5.74) is 0. The van der Waals surface area contributed by atoms with E-state index < -0.39 is 12.2 Å². The maximum atomic E-state index is 13.1. The molecule has 0 aromatic rings. The van der Waals surface area contributed by atoms with Crippen LogP contribution in [0.15, 0.2) is 25.1 Å². The van der Waals surface area contributed by atoms with E-state index >= 15 is 0 Å². The second-order valence-electron chi connectivity index (χ2n) is 19.1. The van der Waals surface area contributed by atoms with Gasteiger partial charge in [0.25, 0.3) is 0 Å². The third kappa shape index (κ3) is 38.0. The molecule has 63 heavy (non-hydrogen) atoms. The molecule has 2 N–H and O–H groups in total. The Labute approximate surface area is 391 Å². The molecule has 0 fully saturated rings. The van der Waals surface area contributed by atoms with Crippen LogP contribution in [0.2, 0.25) is 0 Å². The van der Waals surface area contributed by atoms with Gasteiger partial charge in [-0.25, -0.2) is 0 Å². The van der Waals surface area contributed by atoms with Gasteiger partial charge in [0.15, 0.2) is 0 Å². The number of nitrogens with zero attached hydrogens (tertiary/aromatic N) is 2. The average Bonchev–Trinajstić information content (AvgIpc) is 3.27. The maximum absolute atomic E-state index is 13.1. The number of aliphatic hydroxyl groups is 2. The summed E-state index contributed by atoms with van der Waals surface area (Å²) in [5, 5.41) is 22.4. The molecule has 5 atom stereocenters. The van der Waals surface area contributed by atoms with Crippen molar-refractivity contribution < 1.29 is 29.3 Å². The molecule has 0 radical (unpaired) electrons. The summed E-state index contributed by atoms with van der Waals surface area (Å²) in [7, 11) is 0. The molecule has 0 saturated carbocycles. The van der Waals surface area contributed by atoms with Gasteiger partial charge in [-0.3, -0.25) is 14.5 Å². The van der Waals surface area contributed by atoms with Crippen LogP contribution in [0.1, 0.15) is 247 Å². The van der Waals surface area contributed by atoms with Gasteiger partial charge in [-0.15, -0.1) is 0 Å². The number of esters is 2. The number of hydrogen-bond acceptors (Lipinski definition) is 8. The molecular weight excluding hydrogens is 785 g/mol. The molecule has 5 unspecified atom stereocenters. The van der Waals surface area contributed by atoms with Crippen molar-refractivity contribution in [3.05, 3.63) is 25.1 Å². The predicted octanol–water partition coefficient (Wildman–Crippen LogP) is 14.5. The van der Waals surface area contributed by atoms with Crippen molar-refractivity contribution in [3.8, 4) is 0 Å². The number of carbonyl (C=O) groups is 2. The Morgan fingerprint density at radius 1 is 0.508 bits per heavy atom. The summed E-state index contributed by atoms with van der Waals surface area (Å²) in [4.78, 5) is 30.6. The molecule has 0 aromatic carbocycles. The molecule has 0 aliphatic carbocycles. The normalized spacial score (nSPS) is 14.2. The molecular formula is C55H106N2O6. The van der Waals surface area contributed by atoms with Gasteiger partial charge in [0.05, 0.1) is 37.3 Å². The van der Waals surface area contributed by atoms with Crippen molar-refractivity contribution in [2.45, 2.75) is 259 Å². The third-order valence-corrected chi connectivity index (χ3v) is 13.0. The Bertz CT molecular complexity index is 992. The van der Waals surface area contributed by atoms with Crippen LogP contribution in [-0.4, -0.2) is 83.6 Å². The summed E-state index contributed by atoms with van der Waals surface area (Å²) in [6, 6.07) is 0. The predicted molar refractivity (Wildman–Crippen MR) is 269 cm³/mol. The number of allylic oxidation sites excluding steroid dienone is 1. The molecule has 0 bridgehead atoms. The molecule has 8 nitrogen and oxygen atoms in total. The molecule has 0 aromatic heterocycles. The van der Waals surface area contributed by atoms with Gasteiger partial charge < -0.3 is 24.6 Å². The molecule has 8 heteroatoms. The largest absolute Gasteiger partial charge is 0.465 e. The Hall–Kier alpha value is -1.90. The van der Waals surface area contributed by atoms with Crippen LogP contribution >= 0.6 is 0 Å². The second-order valence-corrected chi connectivity index (χ2v) is 19.1. The fourth-order valence-corrected chi connectivity index (χ4v) is 8.42. The van der Waals surface area contributed by atoms with Gasteiger partial charge in [0, 0.05) is 26.2 Å².